The molecule has 1 unspecified atom stereocenters. The molecule has 2 aliphatic rings. The molecule has 0 amide bonds. The number of nitrogens with one attached hydrogen (secondary N) is 1. The molecule has 7 nitrogen and oxygen atoms in total. The van der Waals surface area contributed by atoms with E-state index in [1.165, 1.54) is 36.9 Å². The largest absolute Gasteiger partial charge is 0.457 e. The van der Waals surface area contributed by atoms with E-state index in [-0.39, 0.29) is 0 Å². The number of ether oxygens (including phenoxy) is 1. The van der Waals surface area contributed by atoms with Gasteiger partial charge in [0.1, 0.15) is 23.7 Å². The van der Waals surface area contributed by atoms with Gasteiger partial charge in [-0.3, -0.25) is 5.01 Å². The maximum absolute atomic E-state index is 6.16. The maximum Gasteiger partial charge on any atom is 0.141 e. The van der Waals surface area contributed by atoms with Crippen LogP contribution in [-0.2, 0) is 6.42 Å². The first-order chi connectivity index (χ1) is 19.0. The van der Waals surface area contributed by atoms with Crippen LogP contribution in [0.3, 0.4) is 0 Å². The van der Waals surface area contributed by atoms with Crippen molar-refractivity contribution in [2.45, 2.75) is 59.8 Å². The van der Waals surface area contributed by atoms with Crippen LogP contribution in [0.15, 0.2) is 65.9 Å². The fraction of sp³-hybridized carbons (Fsp3) is 0.406. The molecule has 7 heteroatoms. The standard InChI is InChI=1S/C32H40N6O/c1-5-7-8-15-37-21-23(3)9-10-25-19-29-28(20-30(25)37)32(34-22-33-29)36-26-11-12-31(24(4)18-26)39-27-13-16-38(17-14-27)35-6-2/h6,11-14,16,18-20,22-23H,5,7-10,15,17,21H2,1-4H3,(H,33,34,36)/b35-6-. The highest BCUT2D eigenvalue weighted by atomic mass is 16.5. The first-order valence-electron chi connectivity index (χ1n) is 14.3. The Kier molecular flexibility index (Phi) is 8.45. The number of nitrogens with zero attached hydrogens (tertiary/aromatic N) is 5. The van der Waals surface area contributed by atoms with E-state index in [0.29, 0.717) is 12.5 Å². The van der Waals surface area contributed by atoms with Crippen molar-refractivity contribution in [1.29, 1.82) is 0 Å². The summed E-state index contributed by atoms with van der Waals surface area (Å²) in [4.78, 5) is 11.9. The summed E-state index contributed by atoms with van der Waals surface area (Å²) in [6.07, 6.45) is 15.4. The van der Waals surface area contributed by atoms with E-state index >= 15 is 0 Å². The third-order valence-electron chi connectivity index (χ3n) is 7.47. The highest BCUT2D eigenvalue weighted by Gasteiger charge is 2.21. The Bertz CT molecular complexity index is 1390. The van der Waals surface area contributed by atoms with Crippen molar-refractivity contribution in [2.75, 3.05) is 29.9 Å². The number of fused-ring (bicyclic) bond motifs is 2. The molecule has 0 bridgehead atoms. The molecule has 5 rings (SSSR count). The van der Waals surface area contributed by atoms with E-state index in [4.69, 9.17) is 4.74 Å². The van der Waals surface area contributed by atoms with Crippen LogP contribution in [0.4, 0.5) is 17.2 Å². The van der Waals surface area contributed by atoms with Crippen molar-refractivity contribution < 1.29 is 4.74 Å². The molecule has 0 saturated carbocycles. The molecule has 2 aliphatic heterocycles. The molecule has 0 spiro atoms. The summed E-state index contributed by atoms with van der Waals surface area (Å²) < 4.78 is 6.16. The lowest BCUT2D eigenvalue weighted by atomic mass is 10.0. The van der Waals surface area contributed by atoms with Gasteiger partial charge in [0.2, 0.25) is 0 Å². The van der Waals surface area contributed by atoms with Gasteiger partial charge in [0, 0.05) is 42.3 Å². The summed E-state index contributed by atoms with van der Waals surface area (Å²) in [5, 5.41) is 10.7. The molecule has 39 heavy (non-hydrogen) atoms. The van der Waals surface area contributed by atoms with Crippen molar-refractivity contribution in [1.82, 2.24) is 15.0 Å². The lowest BCUT2D eigenvalue weighted by Crippen LogP contribution is -2.28. The predicted octanol–water partition coefficient (Wildman–Crippen LogP) is 7.36. The van der Waals surface area contributed by atoms with Crippen LogP contribution in [0.1, 0.15) is 57.6 Å². The molecule has 1 N–H and O–H groups in total. The normalized spacial score (nSPS) is 17.3. The Balaban J connectivity index is 1.37. The molecule has 1 atom stereocenters. The molecule has 204 valence electrons. The third-order valence-corrected chi connectivity index (χ3v) is 7.47. The highest BCUT2D eigenvalue weighted by Crippen LogP contribution is 2.35. The topological polar surface area (TPSA) is 65.9 Å². The van der Waals surface area contributed by atoms with Gasteiger partial charge in [0.15, 0.2) is 0 Å². The highest BCUT2D eigenvalue weighted by molar-refractivity contribution is 5.94. The summed E-state index contributed by atoms with van der Waals surface area (Å²) in [5.41, 5.74) is 5.76. The number of rotatable bonds is 9. The SMILES string of the molecule is C/C=N\N1C=CC(Oc2ccc(Nc3ncnc4cc5c(cc34)N(CCCCC)CC(C)CC5)cc2C)=CC1. The summed E-state index contributed by atoms with van der Waals surface area (Å²) in [6, 6.07) is 10.7. The average Bonchev–Trinajstić information content (AvgIpc) is 3.09. The summed E-state index contributed by atoms with van der Waals surface area (Å²) >= 11 is 0. The van der Waals surface area contributed by atoms with E-state index in [2.05, 4.69) is 64.3 Å². The smallest absolute Gasteiger partial charge is 0.141 e. The zero-order chi connectivity index (χ0) is 27.2. The Morgan fingerprint density at radius 1 is 1.18 bits per heavy atom. The molecule has 0 saturated heterocycles. The fourth-order valence-electron chi connectivity index (χ4n) is 5.35. The van der Waals surface area contributed by atoms with Crippen molar-refractivity contribution in [3.8, 4) is 5.75 Å². The van der Waals surface area contributed by atoms with Gasteiger partial charge in [-0.2, -0.15) is 5.10 Å². The second kappa shape index (κ2) is 12.3. The molecular weight excluding hydrogens is 484 g/mol. The van der Waals surface area contributed by atoms with Crippen LogP contribution in [0, 0.1) is 12.8 Å². The summed E-state index contributed by atoms with van der Waals surface area (Å²) in [5.74, 6) is 3.16. The lowest BCUT2D eigenvalue weighted by molar-refractivity contribution is 0.393. The van der Waals surface area contributed by atoms with Gasteiger partial charge in [-0.25, -0.2) is 9.97 Å². The van der Waals surface area contributed by atoms with Crippen LogP contribution in [-0.4, -0.2) is 40.8 Å². The van der Waals surface area contributed by atoms with Gasteiger partial charge in [-0.15, -0.1) is 0 Å². The number of benzene rings is 2. The van der Waals surface area contributed by atoms with Crippen molar-refractivity contribution >= 4 is 34.3 Å². The lowest BCUT2D eigenvalue weighted by Gasteiger charge is -2.27. The zero-order valence-corrected chi connectivity index (χ0v) is 23.7. The van der Waals surface area contributed by atoms with Gasteiger partial charge in [-0.05, 0) is 92.6 Å². The van der Waals surface area contributed by atoms with Crippen molar-refractivity contribution in [3.63, 3.8) is 0 Å². The quantitative estimate of drug-likeness (QED) is 0.233. The number of unbranched alkanes of at least 4 members (excludes halogenated alkanes) is 2. The molecule has 1 aromatic heterocycles. The zero-order valence-electron chi connectivity index (χ0n) is 23.7. The van der Waals surface area contributed by atoms with Crippen LogP contribution in [0.2, 0.25) is 0 Å². The van der Waals surface area contributed by atoms with Crippen LogP contribution in [0.25, 0.3) is 10.9 Å². The molecule has 2 aromatic carbocycles. The van der Waals surface area contributed by atoms with Crippen molar-refractivity contribution in [3.05, 3.63) is 71.9 Å². The average molecular weight is 525 g/mol. The number of aromatic nitrogens is 2. The molecule has 0 aliphatic carbocycles. The molecule has 3 aromatic rings. The van der Waals surface area contributed by atoms with E-state index in [0.717, 1.165) is 59.0 Å². The molecule has 0 radical (unpaired) electrons. The number of hydrogen-bond acceptors (Lipinski definition) is 7. The monoisotopic (exact) mass is 524 g/mol. The molecular formula is C32H40N6O. The fourth-order valence-corrected chi connectivity index (χ4v) is 5.35. The Morgan fingerprint density at radius 3 is 2.85 bits per heavy atom. The first kappa shape index (κ1) is 26.7. The minimum absolute atomic E-state index is 0.679. The summed E-state index contributed by atoms with van der Waals surface area (Å²) in [6.45, 7) is 11.5. The summed E-state index contributed by atoms with van der Waals surface area (Å²) in [7, 11) is 0. The maximum atomic E-state index is 6.16. The minimum Gasteiger partial charge on any atom is -0.457 e. The van der Waals surface area contributed by atoms with Gasteiger partial charge in [0.05, 0.1) is 12.1 Å². The van der Waals surface area contributed by atoms with E-state index < -0.39 is 0 Å². The first-order valence-corrected chi connectivity index (χ1v) is 14.3. The van der Waals surface area contributed by atoms with E-state index in [9.17, 15) is 0 Å². The Hall–Kier alpha value is -3.87. The number of hydrogen-bond donors (Lipinski definition) is 1. The van der Waals surface area contributed by atoms with Crippen molar-refractivity contribution in [2.24, 2.45) is 11.0 Å². The van der Waals surface area contributed by atoms with Crippen LogP contribution in [0.5, 0.6) is 5.75 Å². The molecule has 3 heterocycles. The van der Waals surface area contributed by atoms with E-state index in [1.54, 1.807) is 12.5 Å². The second-order valence-electron chi connectivity index (χ2n) is 10.6. The second-order valence-corrected chi connectivity index (χ2v) is 10.6. The van der Waals surface area contributed by atoms with Gasteiger partial charge in [0.25, 0.3) is 0 Å². The minimum atomic E-state index is 0.679. The number of anilines is 3. The van der Waals surface area contributed by atoms with E-state index in [1.807, 2.05) is 42.4 Å². The van der Waals surface area contributed by atoms with Crippen LogP contribution >= 0.6 is 0 Å². The van der Waals surface area contributed by atoms with Gasteiger partial charge in [-0.1, -0.05) is 26.7 Å². The van der Waals surface area contributed by atoms with Crippen LogP contribution < -0.4 is 15.0 Å². The number of hydrazone groups is 1. The third kappa shape index (κ3) is 6.41. The molecule has 0 fully saturated rings. The number of allylic oxidation sites excluding steroid dienone is 1. The van der Waals surface area contributed by atoms with Gasteiger partial charge < -0.3 is 15.0 Å². The predicted molar refractivity (Wildman–Crippen MR) is 162 cm³/mol. The number of aryl methyl sites for hydroxylation is 2. The Morgan fingerprint density at radius 2 is 2.08 bits per heavy atom. The van der Waals surface area contributed by atoms with Gasteiger partial charge >= 0.3 is 0 Å². The Labute approximate surface area is 232 Å².